The fourth-order valence-electron chi connectivity index (χ4n) is 3.56. The predicted octanol–water partition coefficient (Wildman–Crippen LogP) is 0.151. The number of carbonyl (C=O) groups is 1. The second kappa shape index (κ2) is 8.83. The summed E-state index contributed by atoms with van der Waals surface area (Å²) >= 11 is 0. The van der Waals surface area contributed by atoms with Gasteiger partial charge in [0.15, 0.2) is 22.9 Å². The van der Waals surface area contributed by atoms with Crippen LogP contribution >= 0.6 is 0 Å². The highest BCUT2D eigenvalue weighted by Gasteiger charge is 2.48. The number of phenols is 2. The first-order valence-corrected chi connectivity index (χ1v) is 9.88. The van der Waals surface area contributed by atoms with Crippen molar-refractivity contribution in [3.05, 3.63) is 46.6 Å². The molecule has 1 aliphatic rings. The van der Waals surface area contributed by atoms with Crippen molar-refractivity contribution < 1.29 is 54.1 Å². The maximum Gasteiger partial charge on any atom is 0.335 e. The zero-order valence-electron chi connectivity index (χ0n) is 17.5. The summed E-state index contributed by atoms with van der Waals surface area (Å²) < 4.78 is 21.3. The van der Waals surface area contributed by atoms with E-state index < -0.39 is 64.9 Å². The Morgan fingerprint density at radius 2 is 1.65 bits per heavy atom. The average molecular weight is 476 g/mol. The van der Waals surface area contributed by atoms with Crippen LogP contribution < -0.4 is 14.9 Å². The zero-order valence-corrected chi connectivity index (χ0v) is 17.5. The highest BCUT2D eigenvalue weighted by atomic mass is 16.7. The number of phenolic OH excluding ortho intramolecular Hbond substituents is 2. The van der Waals surface area contributed by atoms with Gasteiger partial charge in [-0.2, -0.15) is 0 Å². The number of fused-ring (bicyclic) bond motifs is 1. The van der Waals surface area contributed by atoms with Gasteiger partial charge in [0.05, 0.1) is 7.11 Å². The number of aromatic hydroxyl groups is 2. The van der Waals surface area contributed by atoms with Gasteiger partial charge in [0, 0.05) is 17.7 Å². The fraction of sp³-hybridized carbons (Fsp3) is 0.273. The zero-order chi connectivity index (χ0) is 24.7. The summed E-state index contributed by atoms with van der Waals surface area (Å²) in [6.07, 6.45) is -9.72. The number of rotatable bonds is 5. The molecule has 0 unspecified atom stereocenters. The lowest BCUT2D eigenvalue weighted by molar-refractivity contribution is -0.271. The summed E-state index contributed by atoms with van der Waals surface area (Å²) in [5.41, 5.74) is -0.690. The molecule has 2 heterocycles. The molecule has 0 bridgehead atoms. The Labute approximate surface area is 190 Å². The number of carboxylic acid groups (broad SMARTS) is 1. The lowest BCUT2D eigenvalue weighted by atomic mass is 9.99. The normalized spacial score (nSPS) is 24.6. The third kappa shape index (κ3) is 3.99. The summed E-state index contributed by atoms with van der Waals surface area (Å²) in [5, 5.41) is 59.5. The van der Waals surface area contributed by atoms with Crippen molar-refractivity contribution in [1.29, 1.82) is 0 Å². The maximum absolute atomic E-state index is 12.8. The quantitative estimate of drug-likeness (QED) is 0.292. The Balaban J connectivity index is 1.82. The summed E-state index contributed by atoms with van der Waals surface area (Å²) in [7, 11) is 1.48. The molecule has 1 aliphatic heterocycles. The van der Waals surface area contributed by atoms with Gasteiger partial charge in [-0.05, 0) is 24.3 Å². The second-order valence-electron chi connectivity index (χ2n) is 7.50. The first-order chi connectivity index (χ1) is 16.1. The van der Waals surface area contributed by atoms with Crippen LogP contribution in [0.3, 0.4) is 0 Å². The minimum absolute atomic E-state index is 0.0268. The Morgan fingerprint density at radius 3 is 2.26 bits per heavy atom. The molecule has 0 aliphatic carbocycles. The lowest BCUT2D eigenvalue weighted by Gasteiger charge is -2.38. The standard InChI is InChI=1S/C22H20O12/c1-31-9-4-2-8(3-5-9)13-7-11(24)14-10(23)6-12(25)18(19(14)32-13)33-22-17(28)15(26)16(27)20(34-22)21(29)30/h2-7,15-17,20,22-23,25-28H,1H3,(H,29,30)/t15-,16-,17+,20+,22+/m0/s1. The number of aliphatic hydroxyl groups is 3. The van der Waals surface area contributed by atoms with Gasteiger partial charge in [-0.3, -0.25) is 4.79 Å². The van der Waals surface area contributed by atoms with Crippen LogP contribution in [-0.2, 0) is 9.53 Å². The molecule has 0 radical (unpaired) electrons. The number of benzene rings is 2. The molecule has 2 aromatic carbocycles. The molecule has 0 spiro atoms. The molecule has 0 saturated carbocycles. The summed E-state index contributed by atoms with van der Waals surface area (Å²) in [5.74, 6) is -3.00. The van der Waals surface area contributed by atoms with Crippen molar-refractivity contribution in [2.45, 2.75) is 30.7 Å². The molecule has 12 nitrogen and oxygen atoms in total. The first kappa shape index (κ1) is 23.3. The molecular formula is C22H20O12. The molecule has 34 heavy (non-hydrogen) atoms. The SMILES string of the molecule is COc1ccc(-c2cc(=O)c3c(O)cc(O)c(O[C@@H]4O[C@@H](C(=O)O)[C@@H](O)[C@H](O)[C@H]4O)c3o2)cc1. The van der Waals surface area contributed by atoms with Crippen molar-refractivity contribution in [2.24, 2.45) is 0 Å². The Morgan fingerprint density at radius 1 is 0.971 bits per heavy atom. The van der Waals surface area contributed by atoms with Gasteiger partial charge < -0.3 is 49.3 Å². The van der Waals surface area contributed by atoms with E-state index in [0.29, 0.717) is 11.3 Å². The van der Waals surface area contributed by atoms with Gasteiger partial charge in [0.25, 0.3) is 0 Å². The van der Waals surface area contributed by atoms with Crippen molar-refractivity contribution >= 4 is 16.9 Å². The minimum atomic E-state index is -1.97. The number of hydrogen-bond acceptors (Lipinski definition) is 11. The number of hydrogen-bond donors (Lipinski definition) is 6. The number of aliphatic carboxylic acids is 1. The van der Waals surface area contributed by atoms with Crippen molar-refractivity contribution in [2.75, 3.05) is 7.11 Å². The Kier molecular flexibility index (Phi) is 6.06. The van der Waals surface area contributed by atoms with Gasteiger partial charge >= 0.3 is 5.97 Å². The van der Waals surface area contributed by atoms with Crippen LogP contribution in [0.4, 0.5) is 0 Å². The highest BCUT2D eigenvalue weighted by molar-refractivity contribution is 5.91. The average Bonchev–Trinajstić information content (AvgIpc) is 2.80. The van der Waals surface area contributed by atoms with Crippen molar-refractivity contribution in [3.63, 3.8) is 0 Å². The second-order valence-corrected chi connectivity index (χ2v) is 7.50. The van der Waals surface area contributed by atoms with Crippen LogP contribution in [0.2, 0.25) is 0 Å². The van der Waals surface area contributed by atoms with E-state index in [2.05, 4.69) is 0 Å². The smallest absolute Gasteiger partial charge is 0.335 e. The molecule has 6 N–H and O–H groups in total. The van der Waals surface area contributed by atoms with E-state index in [0.717, 1.165) is 12.1 Å². The molecule has 12 heteroatoms. The van der Waals surface area contributed by atoms with E-state index in [1.54, 1.807) is 24.3 Å². The minimum Gasteiger partial charge on any atom is -0.507 e. The van der Waals surface area contributed by atoms with Gasteiger partial charge in [-0.15, -0.1) is 0 Å². The summed E-state index contributed by atoms with van der Waals surface area (Å²) in [6, 6.07) is 8.31. The third-order valence-corrected chi connectivity index (χ3v) is 5.34. The van der Waals surface area contributed by atoms with E-state index in [1.807, 2.05) is 0 Å². The highest BCUT2D eigenvalue weighted by Crippen LogP contribution is 2.42. The molecule has 0 amide bonds. The molecule has 3 aromatic rings. The Hall–Kier alpha value is -3.84. The summed E-state index contributed by atoms with van der Waals surface area (Å²) in [6.45, 7) is 0. The van der Waals surface area contributed by atoms with Crippen LogP contribution in [0.1, 0.15) is 0 Å². The van der Waals surface area contributed by atoms with E-state index >= 15 is 0 Å². The van der Waals surface area contributed by atoms with Crippen LogP contribution in [-0.4, -0.2) is 74.4 Å². The number of carboxylic acids is 1. The Bertz CT molecular complexity index is 1280. The molecule has 4 rings (SSSR count). The largest absolute Gasteiger partial charge is 0.507 e. The molecule has 1 fully saturated rings. The van der Waals surface area contributed by atoms with Gasteiger partial charge in [0.2, 0.25) is 12.0 Å². The van der Waals surface area contributed by atoms with E-state index in [9.17, 15) is 40.2 Å². The van der Waals surface area contributed by atoms with Gasteiger partial charge in [-0.25, -0.2) is 4.79 Å². The molecule has 1 aromatic heterocycles. The van der Waals surface area contributed by atoms with Crippen molar-refractivity contribution in [1.82, 2.24) is 0 Å². The topological polar surface area (TPSA) is 196 Å². The molecular weight excluding hydrogens is 456 g/mol. The summed E-state index contributed by atoms with van der Waals surface area (Å²) in [4.78, 5) is 24.1. The van der Waals surface area contributed by atoms with Crippen LogP contribution in [0, 0.1) is 0 Å². The number of aliphatic hydroxyl groups excluding tert-OH is 3. The first-order valence-electron chi connectivity index (χ1n) is 9.88. The van der Waals surface area contributed by atoms with Crippen LogP contribution in [0.5, 0.6) is 23.0 Å². The van der Waals surface area contributed by atoms with Gasteiger partial charge in [-0.1, -0.05) is 0 Å². The van der Waals surface area contributed by atoms with Crippen molar-refractivity contribution in [3.8, 4) is 34.3 Å². The lowest BCUT2D eigenvalue weighted by Crippen LogP contribution is -2.61. The number of methoxy groups -OCH3 is 1. The molecule has 1 saturated heterocycles. The third-order valence-electron chi connectivity index (χ3n) is 5.34. The molecule has 180 valence electrons. The van der Waals surface area contributed by atoms with E-state index in [-0.39, 0.29) is 11.1 Å². The van der Waals surface area contributed by atoms with Crippen LogP contribution in [0.25, 0.3) is 22.3 Å². The number of ether oxygens (including phenoxy) is 3. The molecule has 5 atom stereocenters. The van der Waals surface area contributed by atoms with Crippen LogP contribution in [0.15, 0.2) is 45.6 Å². The monoisotopic (exact) mass is 476 g/mol. The van der Waals surface area contributed by atoms with E-state index in [1.165, 1.54) is 7.11 Å². The van der Waals surface area contributed by atoms with E-state index in [4.69, 9.17) is 18.6 Å². The maximum atomic E-state index is 12.8. The van der Waals surface area contributed by atoms with Gasteiger partial charge in [0.1, 0.15) is 41.0 Å². The fourth-order valence-corrected chi connectivity index (χ4v) is 3.56. The predicted molar refractivity (Wildman–Crippen MR) is 113 cm³/mol.